The normalized spacial score (nSPS) is 10.9. The molecule has 0 radical (unpaired) electrons. The Kier molecular flexibility index (Phi) is 5.99. The third kappa shape index (κ3) is 3.87. The maximum atomic E-state index is 12.7. The smallest absolute Gasteiger partial charge is 0.339 e. The van der Waals surface area contributed by atoms with Gasteiger partial charge in [-0.1, -0.05) is 23.9 Å². The number of anilines is 1. The first-order valence-corrected chi connectivity index (χ1v) is 9.89. The second-order valence-corrected chi connectivity index (χ2v) is 7.17. The molecule has 0 spiro atoms. The van der Waals surface area contributed by atoms with Crippen LogP contribution in [-0.4, -0.2) is 46.1 Å². The number of ketones is 1. The number of aryl methyl sites for hydroxylation is 1. The quantitative estimate of drug-likeness (QED) is 0.271. The number of H-pyrrole nitrogens is 1. The Morgan fingerprint density at radius 2 is 1.96 bits per heavy atom. The molecule has 0 amide bonds. The van der Waals surface area contributed by atoms with Gasteiger partial charge in [-0.15, -0.1) is 0 Å². The predicted octanol–water partition coefficient (Wildman–Crippen LogP) is 3.77. The van der Waals surface area contributed by atoms with Crippen LogP contribution in [-0.2, 0) is 4.74 Å². The highest BCUT2D eigenvalue weighted by molar-refractivity contribution is 7.99. The fourth-order valence-electron chi connectivity index (χ4n) is 3.06. The van der Waals surface area contributed by atoms with E-state index in [2.05, 4.69) is 20.3 Å². The van der Waals surface area contributed by atoms with Gasteiger partial charge in [-0.3, -0.25) is 4.79 Å². The predicted molar refractivity (Wildman–Crippen MR) is 110 cm³/mol. The second kappa shape index (κ2) is 8.43. The van der Waals surface area contributed by atoms with E-state index < -0.39 is 5.97 Å². The zero-order valence-corrected chi connectivity index (χ0v) is 17.1. The molecule has 3 rings (SSSR count). The molecule has 28 heavy (non-hydrogen) atoms. The molecule has 2 aromatic heterocycles. The third-order valence-electron chi connectivity index (χ3n) is 4.37. The van der Waals surface area contributed by atoms with Crippen LogP contribution in [0.4, 0.5) is 5.82 Å². The zero-order valence-electron chi connectivity index (χ0n) is 16.3. The standard InChI is InChI=1S/C20H22N4O3S/c1-5-21-18-13-8-6-7-9-14(13)23-20(24-18)28-10-15(25)17-11(2)16(12(3)22-17)19(26)27-4/h6-9,22H,5,10H2,1-4H3,(H,21,23,24). The lowest BCUT2D eigenvalue weighted by Gasteiger charge is -2.09. The van der Waals surface area contributed by atoms with Gasteiger partial charge in [0, 0.05) is 17.6 Å². The van der Waals surface area contributed by atoms with Crippen LogP contribution >= 0.6 is 11.8 Å². The molecule has 2 N–H and O–H groups in total. The number of aromatic nitrogens is 3. The molecule has 2 heterocycles. The van der Waals surface area contributed by atoms with Gasteiger partial charge in [0.1, 0.15) is 5.82 Å². The summed E-state index contributed by atoms with van der Waals surface area (Å²) in [5.74, 6) is 0.335. The summed E-state index contributed by atoms with van der Waals surface area (Å²) in [5.41, 5.74) is 2.87. The van der Waals surface area contributed by atoms with Crippen molar-refractivity contribution in [3.05, 3.63) is 46.8 Å². The summed E-state index contributed by atoms with van der Waals surface area (Å²) in [6.45, 7) is 6.23. The topological polar surface area (TPSA) is 97.0 Å². The first-order valence-electron chi connectivity index (χ1n) is 8.90. The summed E-state index contributed by atoms with van der Waals surface area (Å²) in [5, 5.41) is 4.71. The average Bonchev–Trinajstić information content (AvgIpc) is 3.00. The molecule has 0 unspecified atom stereocenters. The van der Waals surface area contributed by atoms with Crippen molar-refractivity contribution in [1.82, 2.24) is 15.0 Å². The van der Waals surface area contributed by atoms with Gasteiger partial charge in [0.15, 0.2) is 10.9 Å². The SMILES string of the molecule is CCNc1nc(SCC(=O)c2[nH]c(C)c(C(=O)OC)c2C)nc2ccccc12. The van der Waals surface area contributed by atoms with Gasteiger partial charge in [-0.25, -0.2) is 14.8 Å². The van der Waals surface area contributed by atoms with Crippen LogP contribution in [0.1, 0.15) is 39.0 Å². The number of benzene rings is 1. The molecule has 0 bridgehead atoms. The Morgan fingerprint density at radius 3 is 2.68 bits per heavy atom. The molecule has 8 heteroatoms. The summed E-state index contributed by atoms with van der Waals surface area (Å²) in [6.07, 6.45) is 0. The maximum absolute atomic E-state index is 12.7. The lowest BCUT2D eigenvalue weighted by atomic mass is 10.1. The van der Waals surface area contributed by atoms with E-state index in [9.17, 15) is 9.59 Å². The number of rotatable bonds is 7. The molecular weight excluding hydrogens is 376 g/mol. The van der Waals surface area contributed by atoms with Crippen molar-refractivity contribution in [3.8, 4) is 0 Å². The van der Waals surface area contributed by atoms with E-state index in [0.717, 1.165) is 23.3 Å². The van der Waals surface area contributed by atoms with Gasteiger partial charge in [0.25, 0.3) is 0 Å². The van der Waals surface area contributed by atoms with Gasteiger partial charge in [0.2, 0.25) is 0 Å². The van der Waals surface area contributed by atoms with E-state index in [4.69, 9.17) is 4.74 Å². The number of Topliss-reactive ketones (excluding diaryl/α,β-unsaturated/α-hetero) is 1. The number of hydrogen-bond donors (Lipinski definition) is 2. The number of ether oxygens (including phenoxy) is 1. The van der Waals surface area contributed by atoms with Gasteiger partial charge >= 0.3 is 5.97 Å². The minimum Gasteiger partial charge on any atom is -0.465 e. The Hall–Kier alpha value is -2.87. The van der Waals surface area contributed by atoms with Crippen LogP contribution in [0.2, 0.25) is 0 Å². The van der Waals surface area contributed by atoms with E-state index in [1.54, 1.807) is 13.8 Å². The van der Waals surface area contributed by atoms with Gasteiger partial charge < -0.3 is 15.0 Å². The van der Waals surface area contributed by atoms with Crippen LogP contribution in [0.15, 0.2) is 29.4 Å². The van der Waals surface area contributed by atoms with Crippen LogP contribution in [0.3, 0.4) is 0 Å². The van der Waals surface area contributed by atoms with Crippen LogP contribution in [0.25, 0.3) is 10.9 Å². The van der Waals surface area contributed by atoms with E-state index in [0.29, 0.717) is 27.7 Å². The number of aromatic amines is 1. The molecule has 0 atom stereocenters. The van der Waals surface area contributed by atoms with E-state index in [1.807, 2.05) is 31.2 Å². The van der Waals surface area contributed by atoms with Crippen molar-refractivity contribution in [2.75, 3.05) is 24.7 Å². The number of thioether (sulfide) groups is 1. The van der Waals surface area contributed by atoms with Gasteiger partial charge in [-0.2, -0.15) is 0 Å². The number of carbonyl (C=O) groups is 2. The number of para-hydroxylation sites is 1. The van der Waals surface area contributed by atoms with Crippen molar-refractivity contribution < 1.29 is 14.3 Å². The molecule has 0 aliphatic rings. The van der Waals surface area contributed by atoms with Gasteiger partial charge in [0.05, 0.1) is 29.6 Å². The van der Waals surface area contributed by atoms with Crippen LogP contribution in [0.5, 0.6) is 0 Å². The average molecular weight is 398 g/mol. The first-order chi connectivity index (χ1) is 13.5. The van der Waals surface area contributed by atoms with E-state index >= 15 is 0 Å². The Balaban J connectivity index is 1.83. The maximum Gasteiger partial charge on any atom is 0.339 e. The van der Waals surface area contributed by atoms with Crippen molar-refractivity contribution >= 4 is 40.2 Å². The minimum atomic E-state index is -0.453. The van der Waals surface area contributed by atoms with Crippen LogP contribution in [0, 0.1) is 13.8 Å². The van der Waals surface area contributed by atoms with Crippen LogP contribution < -0.4 is 5.32 Å². The molecule has 0 aliphatic carbocycles. The molecule has 146 valence electrons. The monoisotopic (exact) mass is 398 g/mol. The highest BCUT2D eigenvalue weighted by Gasteiger charge is 2.22. The number of methoxy groups -OCH3 is 1. The number of esters is 1. The molecule has 7 nitrogen and oxygen atoms in total. The van der Waals surface area contributed by atoms with Crippen molar-refractivity contribution in [3.63, 3.8) is 0 Å². The van der Waals surface area contributed by atoms with Crippen molar-refractivity contribution in [2.24, 2.45) is 0 Å². The highest BCUT2D eigenvalue weighted by atomic mass is 32.2. The fraction of sp³-hybridized carbons (Fsp3) is 0.300. The number of nitrogens with one attached hydrogen (secondary N) is 2. The molecule has 3 aromatic rings. The molecule has 0 saturated carbocycles. The number of nitrogens with zero attached hydrogens (tertiary/aromatic N) is 2. The van der Waals surface area contributed by atoms with Gasteiger partial charge in [-0.05, 0) is 38.5 Å². The number of hydrogen-bond acceptors (Lipinski definition) is 7. The fourth-order valence-corrected chi connectivity index (χ4v) is 3.78. The van der Waals surface area contributed by atoms with E-state index in [-0.39, 0.29) is 11.5 Å². The summed E-state index contributed by atoms with van der Waals surface area (Å²) < 4.78 is 4.79. The first kappa shape index (κ1) is 19.9. The third-order valence-corrected chi connectivity index (χ3v) is 5.21. The second-order valence-electron chi connectivity index (χ2n) is 6.23. The molecule has 0 aliphatic heterocycles. The summed E-state index contributed by atoms with van der Waals surface area (Å²) in [7, 11) is 1.32. The highest BCUT2D eigenvalue weighted by Crippen LogP contribution is 2.26. The molecule has 1 aromatic carbocycles. The lowest BCUT2D eigenvalue weighted by molar-refractivity contribution is 0.0599. The van der Waals surface area contributed by atoms with E-state index in [1.165, 1.54) is 18.9 Å². The van der Waals surface area contributed by atoms with Crippen molar-refractivity contribution in [2.45, 2.75) is 25.9 Å². The Morgan fingerprint density at radius 1 is 1.21 bits per heavy atom. The lowest BCUT2D eigenvalue weighted by Crippen LogP contribution is -2.08. The number of fused-ring (bicyclic) bond motifs is 1. The molecular formula is C20H22N4O3S. The summed E-state index contributed by atoms with van der Waals surface area (Å²) in [4.78, 5) is 36.7. The molecule has 0 fully saturated rings. The Labute approximate surface area is 167 Å². The number of carbonyl (C=O) groups excluding carboxylic acids is 2. The Bertz CT molecular complexity index is 1050. The minimum absolute atomic E-state index is 0.123. The van der Waals surface area contributed by atoms with Crippen molar-refractivity contribution in [1.29, 1.82) is 0 Å². The molecule has 0 saturated heterocycles. The summed E-state index contributed by atoms with van der Waals surface area (Å²) >= 11 is 1.27. The zero-order chi connectivity index (χ0) is 20.3. The largest absolute Gasteiger partial charge is 0.465 e. The summed E-state index contributed by atoms with van der Waals surface area (Å²) in [6, 6.07) is 7.75.